The maximum Gasteiger partial charge on any atom is 0.420 e. The smallest absolute Gasteiger partial charge is 0.360 e. The molecule has 2 aliphatic rings. The number of aromatic nitrogens is 8. The van der Waals surface area contributed by atoms with Crippen LogP contribution in [0.25, 0.3) is 56.7 Å². The van der Waals surface area contributed by atoms with Gasteiger partial charge in [0.25, 0.3) is 0 Å². The van der Waals surface area contributed by atoms with Crippen LogP contribution in [-0.2, 0) is 0 Å². The first-order chi connectivity index (χ1) is 38.7. The van der Waals surface area contributed by atoms with Gasteiger partial charge >= 0.3 is 14.0 Å². The van der Waals surface area contributed by atoms with E-state index in [2.05, 4.69) is 253 Å². The van der Waals surface area contributed by atoms with Crippen LogP contribution in [0, 0.1) is 0 Å². The molecule has 12 nitrogen and oxygen atoms in total. The van der Waals surface area contributed by atoms with E-state index >= 15 is 0 Å². The molecule has 0 atom stereocenters. The molecule has 0 aliphatic carbocycles. The molecule has 366 valence electrons. The molecule has 0 N–H and O–H groups in total. The first-order valence-electron chi connectivity index (χ1n) is 25.8. The van der Waals surface area contributed by atoms with Gasteiger partial charge < -0.3 is 19.2 Å². The molecule has 4 aromatic heterocycles. The summed E-state index contributed by atoms with van der Waals surface area (Å²) in [5.74, 6) is 2.75. The number of rotatable bonds is 11. The Morgan fingerprint density at radius 3 is 0.628 bits per heavy atom. The zero-order valence-corrected chi connectivity index (χ0v) is 41.9. The van der Waals surface area contributed by atoms with Crippen molar-refractivity contribution in [2.75, 3.05) is 19.2 Å². The Balaban J connectivity index is 0.827. The van der Waals surface area contributed by atoms with Crippen molar-refractivity contribution in [3.63, 3.8) is 0 Å². The van der Waals surface area contributed by atoms with E-state index < -0.39 is 0 Å². The molecule has 8 aromatic carbocycles. The van der Waals surface area contributed by atoms with Gasteiger partial charge in [0.2, 0.25) is 0 Å². The number of hydrogen-bond acceptors (Lipinski definition) is 12. The monoisotopic (exact) mass is 1000 g/mol. The van der Waals surface area contributed by atoms with E-state index in [1.165, 1.54) is 0 Å². The van der Waals surface area contributed by atoms with Crippen molar-refractivity contribution in [3.8, 4) is 56.7 Å². The van der Waals surface area contributed by atoms with Crippen molar-refractivity contribution in [1.29, 1.82) is 0 Å². The fourth-order valence-electron chi connectivity index (χ4n) is 10.8. The molecular weight excluding hydrogens is 958 g/mol. The van der Waals surface area contributed by atoms with Crippen molar-refractivity contribution in [1.82, 2.24) is 39.9 Å². The topological polar surface area (TPSA) is 116 Å². The van der Waals surface area contributed by atoms with Gasteiger partial charge in [-0.25, -0.2) is 39.9 Å². The Morgan fingerprint density at radius 2 is 0.410 bits per heavy atom. The first-order valence-corrected chi connectivity index (χ1v) is 25.8. The fraction of sp³-hybridized carbons (Fsp3) is 0. The normalized spacial score (nSPS) is 12.7. The van der Waals surface area contributed by atoms with E-state index in [1.807, 2.05) is 24.3 Å². The maximum absolute atomic E-state index is 4.52. The highest BCUT2D eigenvalue weighted by molar-refractivity contribution is 6.85. The van der Waals surface area contributed by atoms with Crippen LogP contribution in [0.15, 0.2) is 268 Å². The second-order valence-corrected chi connectivity index (χ2v) is 18.9. The SMILES string of the molecule is c1cnc(-c2ccc(N3B(c4ccc(-c5ccc(B6N(c7ccc(-c8ncccn8)cc7)c7ccccc7N6c6ccc(-c7ncccn7)cc6)cc5)cc4)N(c4ccc(-c5ncccn5)cc4)c4ccccc43)cc2)nc1. The van der Waals surface area contributed by atoms with Gasteiger partial charge in [-0.2, -0.15) is 0 Å². The molecule has 78 heavy (non-hydrogen) atoms. The van der Waals surface area contributed by atoms with Crippen LogP contribution < -0.4 is 30.2 Å². The fourth-order valence-corrected chi connectivity index (χ4v) is 10.8. The molecule has 0 saturated heterocycles. The molecule has 0 fully saturated rings. The van der Waals surface area contributed by atoms with Crippen LogP contribution in [0.4, 0.5) is 45.5 Å². The number of benzene rings is 8. The summed E-state index contributed by atoms with van der Waals surface area (Å²) in [6.45, 7) is -0.470. The van der Waals surface area contributed by atoms with Crippen molar-refractivity contribution >= 4 is 70.4 Å². The van der Waals surface area contributed by atoms with Crippen molar-refractivity contribution in [2.45, 2.75) is 0 Å². The molecule has 2 aliphatic heterocycles. The van der Waals surface area contributed by atoms with E-state index in [0.717, 1.165) is 89.8 Å². The molecule has 0 unspecified atom stereocenters. The summed E-state index contributed by atoms with van der Waals surface area (Å²) in [4.78, 5) is 45.9. The van der Waals surface area contributed by atoms with Crippen LogP contribution >= 0.6 is 0 Å². The molecule has 0 amide bonds. The molecule has 0 spiro atoms. The van der Waals surface area contributed by atoms with E-state index in [1.54, 1.807) is 49.6 Å². The van der Waals surface area contributed by atoms with E-state index in [9.17, 15) is 0 Å². The quantitative estimate of drug-likeness (QED) is 0.115. The summed E-state index contributed by atoms with van der Waals surface area (Å²) < 4.78 is 0. The zero-order valence-electron chi connectivity index (χ0n) is 41.9. The van der Waals surface area contributed by atoms with Crippen LogP contribution in [0.1, 0.15) is 0 Å². The summed E-state index contributed by atoms with van der Waals surface area (Å²) in [7, 11) is 0. The lowest BCUT2D eigenvalue weighted by Gasteiger charge is -2.31. The van der Waals surface area contributed by atoms with Gasteiger partial charge in [0.05, 0.1) is 22.7 Å². The molecule has 0 radical (unpaired) electrons. The Hall–Kier alpha value is -10.6. The predicted octanol–water partition coefficient (Wildman–Crippen LogP) is 12.6. The number of para-hydroxylation sites is 4. The average Bonchev–Trinajstić information content (AvgIpc) is 4.30. The van der Waals surface area contributed by atoms with Crippen molar-refractivity contribution in [2.24, 2.45) is 0 Å². The summed E-state index contributed by atoms with van der Waals surface area (Å²) >= 11 is 0. The van der Waals surface area contributed by atoms with Gasteiger partial charge in [0.15, 0.2) is 23.3 Å². The number of hydrogen-bond donors (Lipinski definition) is 0. The highest BCUT2D eigenvalue weighted by atomic mass is 15.3. The standard InChI is InChI=1S/C64H44B2N12/c1-2-10-58-57(9-1)75(53-29-17-47(18-30-53)61-67-37-5-38-68-61)65(76(58)54-31-19-48(20-32-54)62-69-39-6-40-70-62)51-25-13-45(14-26-51)46-15-27-52(28-16-46)66-77(55-33-21-49(22-34-55)63-71-41-7-42-72-63)59-11-3-4-12-60(59)78(66)56-35-23-50(24-36-56)64-73-43-8-44-74-64/h1-44H. The lowest BCUT2D eigenvalue weighted by Crippen LogP contribution is -2.53. The third-order valence-electron chi connectivity index (χ3n) is 14.4. The first kappa shape index (κ1) is 46.0. The summed E-state index contributed by atoms with van der Waals surface area (Å²) in [5, 5.41) is 0. The van der Waals surface area contributed by atoms with Gasteiger partial charge in [-0.15, -0.1) is 0 Å². The zero-order chi connectivity index (χ0) is 51.8. The summed E-state index contributed by atoms with van der Waals surface area (Å²) in [6, 6.07) is 76.8. The second kappa shape index (κ2) is 19.9. The molecule has 14 heteroatoms. The van der Waals surface area contributed by atoms with Gasteiger partial charge in [-0.1, -0.05) is 72.8 Å². The Bertz CT molecular complexity index is 3530. The third kappa shape index (κ3) is 8.43. The Labute approximate surface area is 452 Å². The Kier molecular flexibility index (Phi) is 11.7. The predicted molar refractivity (Wildman–Crippen MR) is 314 cm³/mol. The molecular formula is C64H44B2N12. The molecule has 14 rings (SSSR count). The van der Waals surface area contributed by atoms with Crippen molar-refractivity contribution < 1.29 is 0 Å². The van der Waals surface area contributed by atoms with Crippen LogP contribution in [0.5, 0.6) is 0 Å². The highest BCUT2D eigenvalue weighted by Gasteiger charge is 2.45. The number of fused-ring (bicyclic) bond motifs is 2. The third-order valence-corrected chi connectivity index (χ3v) is 14.4. The molecule has 12 aromatic rings. The lowest BCUT2D eigenvalue weighted by atomic mass is 9.64. The molecule has 0 saturated carbocycles. The van der Waals surface area contributed by atoms with Crippen LogP contribution in [-0.4, -0.2) is 53.8 Å². The molecule has 0 bridgehead atoms. The van der Waals surface area contributed by atoms with Crippen LogP contribution in [0.2, 0.25) is 0 Å². The minimum absolute atomic E-state index is 0.235. The van der Waals surface area contributed by atoms with E-state index in [-0.39, 0.29) is 14.0 Å². The summed E-state index contributed by atoms with van der Waals surface area (Å²) in [6.07, 6.45) is 14.2. The van der Waals surface area contributed by atoms with Gasteiger partial charge in [-0.05, 0) is 168 Å². The van der Waals surface area contributed by atoms with E-state index in [0.29, 0.717) is 23.3 Å². The lowest BCUT2D eigenvalue weighted by molar-refractivity contribution is 1.17. The minimum atomic E-state index is -0.235. The van der Waals surface area contributed by atoms with Gasteiger partial charge in [-0.3, -0.25) is 0 Å². The largest absolute Gasteiger partial charge is 0.420 e. The summed E-state index contributed by atoms with van der Waals surface area (Å²) in [5.41, 5.74) is 16.9. The minimum Gasteiger partial charge on any atom is -0.360 e. The van der Waals surface area contributed by atoms with E-state index in [4.69, 9.17) is 0 Å². The van der Waals surface area contributed by atoms with Crippen LogP contribution in [0.3, 0.4) is 0 Å². The van der Waals surface area contributed by atoms with Crippen molar-refractivity contribution in [3.05, 3.63) is 268 Å². The second-order valence-electron chi connectivity index (χ2n) is 18.9. The van der Waals surface area contributed by atoms with Gasteiger partial charge in [0, 0.05) is 94.6 Å². The number of nitrogens with zero attached hydrogens (tertiary/aromatic N) is 12. The molecule has 6 heterocycles. The Morgan fingerprint density at radius 1 is 0.205 bits per heavy atom. The number of anilines is 8. The highest BCUT2D eigenvalue weighted by Crippen LogP contribution is 2.48. The maximum atomic E-state index is 4.52. The van der Waals surface area contributed by atoms with Gasteiger partial charge in [0.1, 0.15) is 0 Å². The average molecular weight is 1000 g/mol.